The number of nitrogens with one attached hydrogen (secondary N) is 4. The third-order valence-corrected chi connectivity index (χ3v) is 7.05. The highest BCUT2D eigenvalue weighted by Crippen LogP contribution is 2.31. The first-order valence-electron chi connectivity index (χ1n) is 9.43. The Hall–Kier alpha value is -1.62. The molecule has 2 fully saturated rings. The second kappa shape index (κ2) is 9.25. The molecule has 30 heavy (non-hydrogen) atoms. The first-order valence-corrected chi connectivity index (χ1v) is 11.6. The van der Waals surface area contributed by atoms with Crippen LogP contribution in [0.3, 0.4) is 0 Å². The fourth-order valence-electron chi connectivity index (χ4n) is 3.42. The van der Waals surface area contributed by atoms with Crippen LogP contribution >= 0.6 is 39.3 Å². The molecule has 2 saturated heterocycles. The van der Waals surface area contributed by atoms with Crippen LogP contribution in [0.4, 0.5) is 11.4 Å². The third kappa shape index (κ3) is 4.66. The van der Waals surface area contributed by atoms with Crippen molar-refractivity contribution in [1.82, 2.24) is 16.2 Å². The molecule has 2 aromatic carbocycles. The van der Waals surface area contributed by atoms with Crippen LogP contribution in [0.2, 0.25) is 5.02 Å². The van der Waals surface area contributed by atoms with Crippen LogP contribution in [0.25, 0.3) is 0 Å². The Balaban J connectivity index is 1.47. The molecule has 0 aromatic heterocycles. The van der Waals surface area contributed by atoms with E-state index in [1.165, 1.54) is 11.8 Å². The van der Waals surface area contributed by atoms with E-state index in [1.54, 1.807) is 11.0 Å². The van der Waals surface area contributed by atoms with E-state index in [1.807, 2.05) is 43.3 Å². The van der Waals surface area contributed by atoms with E-state index in [2.05, 4.69) is 37.4 Å². The molecule has 0 saturated carbocycles. The van der Waals surface area contributed by atoms with Gasteiger partial charge in [-0.25, -0.2) is 5.43 Å². The quantitative estimate of drug-likeness (QED) is 0.495. The van der Waals surface area contributed by atoms with Gasteiger partial charge in [-0.2, -0.15) is 0 Å². The lowest BCUT2D eigenvalue weighted by atomic mass is 10.0. The van der Waals surface area contributed by atoms with Crippen molar-refractivity contribution < 1.29 is 9.59 Å². The van der Waals surface area contributed by atoms with Crippen molar-refractivity contribution in [2.75, 3.05) is 22.5 Å². The molecule has 3 unspecified atom stereocenters. The van der Waals surface area contributed by atoms with Gasteiger partial charge in [0.1, 0.15) is 5.50 Å². The lowest BCUT2D eigenvalue weighted by molar-refractivity contribution is -0.124. The van der Waals surface area contributed by atoms with Gasteiger partial charge in [-0.05, 0) is 48.9 Å². The Labute approximate surface area is 192 Å². The molecule has 2 aromatic rings. The maximum absolute atomic E-state index is 13.2. The number of thioether (sulfide) groups is 1. The van der Waals surface area contributed by atoms with Gasteiger partial charge >= 0.3 is 0 Å². The van der Waals surface area contributed by atoms with Crippen LogP contribution in [0.5, 0.6) is 0 Å². The van der Waals surface area contributed by atoms with Crippen LogP contribution in [0.15, 0.2) is 46.9 Å². The van der Waals surface area contributed by atoms with Gasteiger partial charge < -0.3 is 5.32 Å². The highest BCUT2D eigenvalue weighted by Gasteiger charge is 2.44. The van der Waals surface area contributed by atoms with Crippen LogP contribution in [0.1, 0.15) is 5.56 Å². The predicted octanol–water partition coefficient (Wildman–Crippen LogP) is 3.05. The average molecular weight is 511 g/mol. The fraction of sp³-hybridized carbons (Fsp3) is 0.300. The fourth-order valence-corrected chi connectivity index (χ4v) is 4.86. The normalized spacial score (nSPS) is 23.4. The number of benzene rings is 2. The molecule has 2 amide bonds. The summed E-state index contributed by atoms with van der Waals surface area (Å²) < 4.78 is 0.936. The topological polar surface area (TPSA) is 85.5 Å². The molecule has 0 spiro atoms. The molecule has 0 radical (unpaired) electrons. The lowest BCUT2D eigenvalue weighted by Crippen LogP contribution is -2.64. The van der Waals surface area contributed by atoms with E-state index in [0.29, 0.717) is 17.3 Å². The molecular weight excluding hydrogens is 490 g/mol. The zero-order chi connectivity index (χ0) is 21.3. The molecular formula is C20H21BrClN5O2S. The number of hydrogen-bond acceptors (Lipinski definition) is 6. The number of rotatable bonds is 5. The van der Waals surface area contributed by atoms with E-state index >= 15 is 0 Å². The second-order valence-corrected chi connectivity index (χ2v) is 9.53. The molecule has 4 N–H and O–H groups in total. The van der Waals surface area contributed by atoms with Crippen LogP contribution < -0.4 is 26.4 Å². The van der Waals surface area contributed by atoms with Gasteiger partial charge in [0.05, 0.1) is 17.8 Å². The van der Waals surface area contributed by atoms with Crippen molar-refractivity contribution in [2.24, 2.45) is 5.92 Å². The summed E-state index contributed by atoms with van der Waals surface area (Å²) in [6.45, 7) is 2.46. The SMILES string of the molecule is Cc1ccc(NC(=O)CSC2NC3NNCC3C(=O)N2c2ccc(Br)cc2)cc1Cl. The van der Waals surface area contributed by atoms with Gasteiger partial charge in [0.25, 0.3) is 0 Å². The Morgan fingerprint density at radius 2 is 2.07 bits per heavy atom. The van der Waals surface area contributed by atoms with Gasteiger partial charge in [-0.15, -0.1) is 11.8 Å². The molecule has 2 heterocycles. The number of carbonyl (C=O) groups is 2. The van der Waals surface area contributed by atoms with E-state index in [9.17, 15) is 9.59 Å². The number of fused-ring (bicyclic) bond motifs is 1. The highest BCUT2D eigenvalue weighted by atomic mass is 79.9. The summed E-state index contributed by atoms with van der Waals surface area (Å²) in [7, 11) is 0. The lowest BCUT2D eigenvalue weighted by Gasteiger charge is -2.41. The summed E-state index contributed by atoms with van der Waals surface area (Å²) in [5, 5.41) is 6.89. The Morgan fingerprint density at radius 1 is 1.30 bits per heavy atom. The summed E-state index contributed by atoms with van der Waals surface area (Å²) in [4.78, 5) is 27.4. The molecule has 4 rings (SSSR count). The summed E-state index contributed by atoms with van der Waals surface area (Å²) >= 11 is 10.9. The van der Waals surface area contributed by atoms with Crippen LogP contribution in [-0.2, 0) is 9.59 Å². The summed E-state index contributed by atoms with van der Waals surface area (Å²) in [6, 6.07) is 13.0. The molecule has 0 bridgehead atoms. The summed E-state index contributed by atoms with van der Waals surface area (Å²) in [5.74, 6) is -0.186. The van der Waals surface area contributed by atoms with Gasteiger partial charge in [-0.1, -0.05) is 33.6 Å². The zero-order valence-corrected chi connectivity index (χ0v) is 19.3. The molecule has 0 aliphatic carbocycles. The maximum Gasteiger partial charge on any atom is 0.236 e. The summed E-state index contributed by atoms with van der Waals surface area (Å²) in [6.07, 6.45) is -0.180. The second-order valence-electron chi connectivity index (χ2n) is 7.14. The number of halogens is 2. The molecule has 10 heteroatoms. The molecule has 2 aliphatic rings. The predicted molar refractivity (Wildman–Crippen MR) is 124 cm³/mol. The number of nitrogens with zero attached hydrogens (tertiary/aromatic N) is 1. The number of amides is 2. The molecule has 3 atom stereocenters. The van der Waals surface area contributed by atoms with Gasteiger partial charge in [-0.3, -0.25) is 25.2 Å². The van der Waals surface area contributed by atoms with Crippen molar-refractivity contribution in [3.05, 3.63) is 57.5 Å². The van der Waals surface area contributed by atoms with Crippen LogP contribution in [0, 0.1) is 12.8 Å². The van der Waals surface area contributed by atoms with E-state index in [0.717, 1.165) is 15.7 Å². The molecule has 2 aliphatic heterocycles. The standard InChI is InChI=1S/C20H21BrClN5O2S/c1-11-2-5-13(8-16(11)22)24-17(28)10-30-20-25-18-15(9-23-26-18)19(29)27(20)14-6-3-12(21)4-7-14/h2-8,15,18,20,23,25-26H,9-10H2,1H3,(H,24,28). The smallest absolute Gasteiger partial charge is 0.236 e. The monoisotopic (exact) mass is 509 g/mol. The molecule has 7 nitrogen and oxygen atoms in total. The van der Waals surface area contributed by atoms with Crippen molar-refractivity contribution >= 4 is 62.5 Å². The Kier molecular flexibility index (Phi) is 6.66. The van der Waals surface area contributed by atoms with E-state index in [-0.39, 0.29) is 35.1 Å². The third-order valence-electron chi connectivity index (χ3n) is 5.03. The molecule has 158 valence electrons. The minimum atomic E-state index is -0.389. The first-order chi connectivity index (χ1) is 14.4. The number of anilines is 2. The van der Waals surface area contributed by atoms with Gasteiger partial charge in [0, 0.05) is 27.4 Å². The summed E-state index contributed by atoms with van der Waals surface area (Å²) in [5.41, 5.74) is 8.12. The first kappa shape index (κ1) is 21.6. The van der Waals surface area contributed by atoms with E-state index < -0.39 is 0 Å². The Bertz CT molecular complexity index is 961. The number of hydrazine groups is 1. The average Bonchev–Trinajstić information content (AvgIpc) is 3.19. The minimum absolute atomic E-state index is 0.0156. The number of hydrogen-bond donors (Lipinski definition) is 4. The van der Waals surface area contributed by atoms with Crippen LogP contribution in [-0.4, -0.2) is 35.8 Å². The van der Waals surface area contributed by atoms with Crippen molar-refractivity contribution in [2.45, 2.75) is 18.6 Å². The van der Waals surface area contributed by atoms with Crippen molar-refractivity contribution in [1.29, 1.82) is 0 Å². The Morgan fingerprint density at radius 3 is 2.80 bits per heavy atom. The van der Waals surface area contributed by atoms with Gasteiger partial charge in [0.15, 0.2) is 0 Å². The van der Waals surface area contributed by atoms with Crippen molar-refractivity contribution in [3.8, 4) is 0 Å². The minimum Gasteiger partial charge on any atom is -0.325 e. The van der Waals surface area contributed by atoms with Gasteiger partial charge in [0.2, 0.25) is 11.8 Å². The van der Waals surface area contributed by atoms with E-state index in [4.69, 9.17) is 11.6 Å². The highest BCUT2D eigenvalue weighted by molar-refractivity contribution is 9.10. The zero-order valence-electron chi connectivity index (χ0n) is 16.1. The number of aryl methyl sites for hydroxylation is 1. The number of carbonyl (C=O) groups excluding carboxylic acids is 2. The largest absolute Gasteiger partial charge is 0.325 e. The maximum atomic E-state index is 13.2. The van der Waals surface area contributed by atoms with Crippen molar-refractivity contribution in [3.63, 3.8) is 0 Å².